The lowest BCUT2D eigenvalue weighted by molar-refractivity contribution is 0.318. The van der Waals surface area contributed by atoms with Crippen molar-refractivity contribution in [3.8, 4) is 11.5 Å². The second kappa shape index (κ2) is 5.98. The van der Waals surface area contributed by atoms with Gasteiger partial charge in [-0.2, -0.15) is 0 Å². The molecular formula is C13H9Cl2FN2O2. The van der Waals surface area contributed by atoms with Gasteiger partial charge in [0.25, 0.3) is 0 Å². The highest BCUT2D eigenvalue weighted by molar-refractivity contribution is 6.34. The number of rotatable bonds is 3. The lowest BCUT2D eigenvalue weighted by Gasteiger charge is -2.11. The van der Waals surface area contributed by atoms with Crippen LogP contribution in [0.3, 0.4) is 0 Å². The predicted octanol–water partition coefficient (Wildman–Crippen LogP) is 4.02. The van der Waals surface area contributed by atoms with E-state index in [4.69, 9.17) is 38.9 Å². The third-order valence-electron chi connectivity index (χ3n) is 2.39. The van der Waals surface area contributed by atoms with Gasteiger partial charge in [-0.15, -0.1) is 0 Å². The Kier molecular flexibility index (Phi) is 4.32. The third-order valence-corrected chi connectivity index (χ3v) is 2.83. The first-order chi connectivity index (χ1) is 9.49. The summed E-state index contributed by atoms with van der Waals surface area (Å²) in [6, 6.07) is 8.26. The molecule has 104 valence electrons. The van der Waals surface area contributed by atoms with E-state index in [9.17, 15) is 4.39 Å². The molecule has 20 heavy (non-hydrogen) atoms. The Balaban J connectivity index is 2.43. The molecule has 0 radical (unpaired) electrons. The molecule has 4 nitrogen and oxygen atoms in total. The molecule has 0 amide bonds. The minimum atomic E-state index is -0.539. The van der Waals surface area contributed by atoms with Gasteiger partial charge < -0.3 is 15.7 Å². The summed E-state index contributed by atoms with van der Waals surface area (Å²) in [6.07, 6.45) is 0. The first kappa shape index (κ1) is 14.4. The summed E-state index contributed by atoms with van der Waals surface area (Å²) in [5.74, 6) is -0.253. The van der Waals surface area contributed by atoms with Crippen molar-refractivity contribution in [1.82, 2.24) is 0 Å². The van der Waals surface area contributed by atoms with Gasteiger partial charge in [0.1, 0.15) is 17.3 Å². The third kappa shape index (κ3) is 3.31. The fraction of sp³-hybridized carbons (Fsp3) is 0. The molecule has 7 heteroatoms. The van der Waals surface area contributed by atoms with Crippen LogP contribution in [0.25, 0.3) is 0 Å². The molecule has 2 aromatic rings. The quantitative estimate of drug-likeness (QED) is 0.389. The monoisotopic (exact) mass is 314 g/mol. The first-order valence-electron chi connectivity index (χ1n) is 5.41. The van der Waals surface area contributed by atoms with Gasteiger partial charge in [0.05, 0.1) is 5.56 Å². The molecular weight excluding hydrogens is 306 g/mol. The first-order valence-corrected chi connectivity index (χ1v) is 6.16. The van der Waals surface area contributed by atoms with E-state index in [0.717, 1.165) is 6.07 Å². The summed E-state index contributed by atoms with van der Waals surface area (Å²) in [5, 5.41) is 12.3. The van der Waals surface area contributed by atoms with Gasteiger partial charge in [-0.05, 0) is 36.4 Å². The van der Waals surface area contributed by atoms with Crippen molar-refractivity contribution < 1.29 is 14.3 Å². The number of hydrogen-bond acceptors (Lipinski definition) is 3. The summed E-state index contributed by atoms with van der Waals surface area (Å²) in [4.78, 5) is 0. The van der Waals surface area contributed by atoms with Gasteiger partial charge in [-0.3, -0.25) is 0 Å². The van der Waals surface area contributed by atoms with Crippen LogP contribution >= 0.6 is 23.2 Å². The van der Waals surface area contributed by atoms with Gasteiger partial charge in [-0.1, -0.05) is 28.4 Å². The Morgan fingerprint density at radius 2 is 1.80 bits per heavy atom. The molecule has 0 atom stereocenters. The van der Waals surface area contributed by atoms with Gasteiger partial charge in [-0.25, -0.2) is 4.39 Å². The summed E-state index contributed by atoms with van der Waals surface area (Å²) >= 11 is 11.7. The number of benzene rings is 2. The normalized spacial score (nSPS) is 11.4. The van der Waals surface area contributed by atoms with Crippen molar-refractivity contribution in [3.05, 3.63) is 57.8 Å². The van der Waals surface area contributed by atoms with Crippen molar-refractivity contribution >= 4 is 29.0 Å². The number of oxime groups is 1. The van der Waals surface area contributed by atoms with Crippen LogP contribution in [0.15, 0.2) is 41.6 Å². The van der Waals surface area contributed by atoms with Gasteiger partial charge >= 0.3 is 0 Å². The Labute approximate surface area is 124 Å². The highest BCUT2D eigenvalue weighted by Gasteiger charge is 2.11. The topological polar surface area (TPSA) is 67.8 Å². The second-order valence-corrected chi connectivity index (χ2v) is 4.71. The predicted molar refractivity (Wildman–Crippen MR) is 75.4 cm³/mol. The fourth-order valence-corrected chi connectivity index (χ4v) is 2.07. The molecule has 0 fully saturated rings. The summed E-state index contributed by atoms with van der Waals surface area (Å²) in [6.45, 7) is 0. The van der Waals surface area contributed by atoms with E-state index in [-0.39, 0.29) is 17.1 Å². The largest absolute Gasteiger partial charge is 0.456 e. The molecule has 0 saturated heterocycles. The van der Waals surface area contributed by atoms with Crippen LogP contribution in [0.1, 0.15) is 5.56 Å². The van der Waals surface area contributed by atoms with Crippen LogP contribution in [0.4, 0.5) is 4.39 Å². The average molecular weight is 315 g/mol. The van der Waals surface area contributed by atoms with E-state index < -0.39 is 5.82 Å². The number of nitrogens with two attached hydrogens (primary N) is 1. The molecule has 0 bridgehead atoms. The van der Waals surface area contributed by atoms with Crippen LogP contribution in [0.2, 0.25) is 10.0 Å². The lowest BCUT2D eigenvalue weighted by Crippen LogP contribution is -2.14. The van der Waals surface area contributed by atoms with Crippen molar-refractivity contribution in [3.63, 3.8) is 0 Å². The van der Waals surface area contributed by atoms with E-state index in [1.807, 2.05) is 0 Å². The average Bonchev–Trinajstić information content (AvgIpc) is 2.38. The Morgan fingerprint density at radius 3 is 2.40 bits per heavy atom. The Hall–Kier alpha value is -1.98. The molecule has 0 aliphatic rings. The van der Waals surface area contributed by atoms with Crippen LogP contribution in [-0.2, 0) is 0 Å². The maximum Gasteiger partial charge on any atom is 0.173 e. The molecule has 2 aromatic carbocycles. The van der Waals surface area contributed by atoms with E-state index in [1.54, 1.807) is 6.07 Å². The molecule has 0 aliphatic heterocycles. The number of hydrogen-bond donors (Lipinski definition) is 2. The van der Waals surface area contributed by atoms with Gasteiger partial charge in [0.15, 0.2) is 5.84 Å². The van der Waals surface area contributed by atoms with E-state index >= 15 is 0 Å². The lowest BCUT2D eigenvalue weighted by atomic mass is 10.2. The molecule has 2 rings (SSSR count). The minimum absolute atomic E-state index is 0.114. The number of nitrogens with zero attached hydrogens (tertiary/aromatic N) is 1. The van der Waals surface area contributed by atoms with E-state index in [2.05, 4.69) is 5.16 Å². The van der Waals surface area contributed by atoms with Crippen LogP contribution in [0.5, 0.6) is 11.5 Å². The molecule has 0 aromatic heterocycles. The maximum absolute atomic E-state index is 13.2. The molecule has 0 unspecified atom stereocenters. The number of ether oxygens (including phenoxy) is 1. The summed E-state index contributed by atoms with van der Waals surface area (Å²) in [5.41, 5.74) is 5.59. The van der Waals surface area contributed by atoms with Crippen molar-refractivity contribution in [1.29, 1.82) is 0 Å². The van der Waals surface area contributed by atoms with E-state index in [1.165, 1.54) is 24.3 Å². The van der Waals surface area contributed by atoms with E-state index in [0.29, 0.717) is 15.8 Å². The molecule has 0 spiro atoms. The highest BCUT2D eigenvalue weighted by Crippen LogP contribution is 2.30. The SMILES string of the molecule is NC(=NO)c1cc(F)ccc1Oc1cc(Cl)cc(Cl)c1. The number of amidine groups is 1. The minimum Gasteiger partial charge on any atom is -0.456 e. The van der Waals surface area contributed by atoms with Gasteiger partial charge in [0, 0.05) is 10.0 Å². The standard InChI is InChI=1S/C13H9Cl2FN2O2/c14-7-3-8(15)5-10(4-7)20-12-2-1-9(16)6-11(12)13(17)18-19/h1-6,19H,(H2,17,18). The fourth-order valence-electron chi connectivity index (χ4n) is 1.56. The highest BCUT2D eigenvalue weighted by atomic mass is 35.5. The zero-order chi connectivity index (χ0) is 14.7. The number of halogens is 3. The summed E-state index contributed by atoms with van der Waals surface area (Å²) in [7, 11) is 0. The maximum atomic E-state index is 13.2. The summed E-state index contributed by atoms with van der Waals surface area (Å²) < 4.78 is 18.8. The molecule has 3 N–H and O–H groups in total. The van der Waals surface area contributed by atoms with Gasteiger partial charge in [0.2, 0.25) is 0 Å². The van der Waals surface area contributed by atoms with Crippen LogP contribution < -0.4 is 10.5 Å². The Bertz CT molecular complexity index is 657. The zero-order valence-electron chi connectivity index (χ0n) is 9.98. The van der Waals surface area contributed by atoms with Crippen LogP contribution in [0, 0.1) is 5.82 Å². The Morgan fingerprint density at radius 1 is 1.15 bits per heavy atom. The zero-order valence-corrected chi connectivity index (χ0v) is 11.5. The van der Waals surface area contributed by atoms with Crippen molar-refractivity contribution in [2.24, 2.45) is 10.9 Å². The molecule has 0 saturated carbocycles. The second-order valence-electron chi connectivity index (χ2n) is 3.83. The van der Waals surface area contributed by atoms with Crippen LogP contribution in [-0.4, -0.2) is 11.0 Å². The van der Waals surface area contributed by atoms with Crippen molar-refractivity contribution in [2.45, 2.75) is 0 Å². The molecule has 0 aliphatic carbocycles. The smallest absolute Gasteiger partial charge is 0.173 e. The molecule has 0 heterocycles. The van der Waals surface area contributed by atoms with Crippen molar-refractivity contribution in [2.75, 3.05) is 0 Å².